The van der Waals surface area contributed by atoms with E-state index in [4.69, 9.17) is 9.47 Å². The smallest absolute Gasteiger partial charge is 0.306 e. The van der Waals surface area contributed by atoms with Crippen molar-refractivity contribution in [2.24, 2.45) is 0 Å². The van der Waals surface area contributed by atoms with E-state index in [1.807, 2.05) is 0 Å². The monoisotopic (exact) mass is 1270 g/mol. The van der Waals surface area contributed by atoms with Crippen LogP contribution in [0, 0.1) is 0 Å². The van der Waals surface area contributed by atoms with Gasteiger partial charge in [-0.15, -0.1) is 0 Å². The predicted octanol–water partition coefficient (Wildman–Crippen LogP) is 27.3. The van der Waals surface area contributed by atoms with Gasteiger partial charge < -0.3 is 14.6 Å². The van der Waals surface area contributed by atoms with Crippen molar-refractivity contribution in [1.29, 1.82) is 0 Å². The van der Waals surface area contributed by atoms with Gasteiger partial charge in [-0.05, 0) is 135 Å². The molecule has 0 aliphatic rings. The highest BCUT2D eigenvalue weighted by Crippen LogP contribution is 2.17. The molecule has 0 spiro atoms. The zero-order valence-electron chi connectivity index (χ0n) is 59.7. The topological polar surface area (TPSA) is 72.8 Å². The van der Waals surface area contributed by atoms with E-state index in [2.05, 4.69) is 196 Å². The third-order valence-corrected chi connectivity index (χ3v) is 16.2. The molecule has 0 aromatic rings. The van der Waals surface area contributed by atoms with E-state index >= 15 is 0 Å². The molecule has 1 N–H and O–H groups in total. The Morgan fingerprint density at radius 3 is 0.652 bits per heavy atom. The number of hydrogen-bond donors (Lipinski definition) is 1. The molecule has 0 aromatic heterocycles. The van der Waals surface area contributed by atoms with Crippen molar-refractivity contribution >= 4 is 11.9 Å². The summed E-state index contributed by atoms with van der Waals surface area (Å²) in [4.78, 5) is 24.7. The van der Waals surface area contributed by atoms with Crippen molar-refractivity contribution in [3.63, 3.8) is 0 Å². The molecule has 0 heterocycles. The quantitative estimate of drug-likeness (QED) is 0.0373. The third-order valence-electron chi connectivity index (χ3n) is 16.2. The van der Waals surface area contributed by atoms with Gasteiger partial charge in [-0.1, -0.05) is 369 Å². The normalized spacial score (nSPS) is 13.3. The zero-order valence-corrected chi connectivity index (χ0v) is 59.7. The van der Waals surface area contributed by atoms with Crippen molar-refractivity contribution in [3.05, 3.63) is 182 Å². The second-order valence-corrected chi connectivity index (χ2v) is 25.0. The van der Waals surface area contributed by atoms with Gasteiger partial charge in [0.2, 0.25) is 0 Å². The second kappa shape index (κ2) is 80.2. The summed E-state index contributed by atoms with van der Waals surface area (Å²) in [6, 6.07) is 0. The highest BCUT2D eigenvalue weighted by molar-refractivity contribution is 5.70. The molecule has 0 aliphatic carbocycles. The van der Waals surface area contributed by atoms with Crippen molar-refractivity contribution < 1.29 is 24.2 Å². The number of carbonyl (C=O) groups is 2. The van der Waals surface area contributed by atoms with Crippen LogP contribution in [0.1, 0.15) is 335 Å². The van der Waals surface area contributed by atoms with Crippen molar-refractivity contribution in [2.45, 2.75) is 341 Å². The molecule has 520 valence electrons. The molecule has 0 saturated carbocycles. The van der Waals surface area contributed by atoms with Crippen LogP contribution < -0.4 is 0 Å². The minimum atomic E-state index is -0.783. The van der Waals surface area contributed by atoms with E-state index in [9.17, 15) is 14.7 Å². The van der Waals surface area contributed by atoms with Crippen LogP contribution in [-0.2, 0) is 19.1 Å². The van der Waals surface area contributed by atoms with E-state index in [1.54, 1.807) is 0 Å². The minimum absolute atomic E-state index is 0.0714. The van der Waals surface area contributed by atoms with Gasteiger partial charge in [0.25, 0.3) is 0 Å². The fraction of sp³-hybridized carbons (Fsp3) is 0.632. The highest BCUT2D eigenvalue weighted by atomic mass is 16.6. The Hall–Kier alpha value is -5.00. The molecule has 92 heavy (non-hydrogen) atoms. The molecule has 5 nitrogen and oxygen atoms in total. The number of rotatable bonds is 69. The lowest BCUT2D eigenvalue weighted by Crippen LogP contribution is -2.28. The summed E-state index contributed by atoms with van der Waals surface area (Å²) in [6.07, 6.45) is 125. The van der Waals surface area contributed by atoms with Crippen molar-refractivity contribution in [1.82, 2.24) is 0 Å². The Balaban J connectivity index is 3.50. The highest BCUT2D eigenvalue weighted by Gasteiger charge is 2.16. The number of allylic oxidation sites excluding steroid dienone is 30. The third kappa shape index (κ3) is 77.4. The van der Waals surface area contributed by atoms with Crippen LogP contribution >= 0.6 is 0 Å². The predicted molar refractivity (Wildman–Crippen MR) is 407 cm³/mol. The Morgan fingerprint density at radius 1 is 0.250 bits per heavy atom. The van der Waals surface area contributed by atoms with E-state index in [0.717, 1.165) is 135 Å². The van der Waals surface area contributed by atoms with Gasteiger partial charge in [-0.2, -0.15) is 0 Å². The number of unbranched alkanes of at least 4 members (excludes halogenated alkanes) is 31. The summed E-state index contributed by atoms with van der Waals surface area (Å²) in [5, 5.41) is 9.73. The van der Waals surface area contributed by atoms with Gasteiger partial charge in [0.1, 0.15) is 6.61 Å². The Kier molecular flexibility index (Phi) is 75.9. The maximum atomic E-state index is 12.4. The molecule has 5 heteroatoms. The number of hydrogen-bond acceptors (Lipinski definition) is 5. The first-order chi connectivity index (χ1) is 45.6. The maximum absolute atomic E-state index is 12.4. The van der Waals surface area contributed by atoms with E-state index in [0.29, 0.717) is 12.8 Å². The summed E-state index contributed by atoms with van der Waals surface area (Å²) >= 11 is 0. The molecule has 1 atom stereocenters. The molecule has 0 amide bonds. The Morgan fingerprint density at radius 2 is 0.435 bits per heavy atom. The molecule has 0 aliphatic heterocycles. The second-order valence-electron chi connectivity index (χ2n) is 25.0. The van der Waals surface area contributed by atoms with Gasteiger partial charge in [0.05, 0.1) is 6.61 Å². The maximum Gasteiger partial charge on any atom is 0.306 e. The first kappa shape index (κ1) is 87.0. The molecule has 0 saturated heterocycles. The van der Waals surface area contributed by atoms with Crippen molar-refractivity contribution in [3.8, 4) is 0 Å². The lowest BCUT2D eigenvalue weighted by Gasteiger charge is -2.15. The molecule has 0 radical (unpaired) electrons. The molecule has 0 aromatic carbocycles. The molecule has 0 rings (SSSR count). The summed E-state index contributed by atoms with van der Waals surface area (Å²) in [6.45, 7) is 3.93. The van der Waals surface area contributed by atoms with Crippen LogP contribution in [0.25, 0.3) is 0 Å². The first-order valence-corrected chi connectivity index (χ1v) is 38.3. The van der Waals surface area contributed by atoms with Crippen LogP contribution in [0.15, 0.2) is 182 Å². The van der Waals surface area contributed by atoms with Gasteiger partial charge in [0, 0.05) is 12.8 Å². The van der Waals surface area contributed by atoms with Crippen LogP contribution in [0.3, 0.4) is 0 Å². The summed E-state index contributed by atoms with van der Waals surface area (Å²) in [5.41, 5.74) is 0. The lowest BCUT2D eigenvalue weighted by molar-refractivity contribution is -0.161. The van der Waals surface area contributed by atoms with Crippen LogP contribution in [0.4, 0.5) is 0 Å². The van der Waals surface area contributed by atoms with Crippen molar-refractivity contribution in [2.75, 3.05) is 13.2 Å². The standard InChI is InChI=1S/C87H142O5/c1-3-5-7-9-11-13-15-17-19-21-23-25-27-29-31-33-35-37-39-41-42-43-44-46-48-50-52-54-56-58-60-62-64-66-68-70-72-74-76-78-80-82-87(90)92-85(83-88)84-91-86(89)81-79-77-75-73-71-69-67-65-63-61-59-57-55-53-51-49-47-45-40-38-36-34-32-30-28-26-24-22-20-18-16-14-12-10-8-6-4-2/h5-8,11-14,17-20,23-26,29-32,35-38,41-42,44-47,85,88H,3-4,9-10,15-16,21-22,27-28,33-34,39-40,43,48-84H2,1-2H3/b7-5-,8-6-,13-11-,14-12-,19-17-,20-18-,25-23-,26-24-,31-29-,32-30-,37-35-,38-36-,42-41-,46-44-,47-45-. The minimum Gasteiger partial charge on any atom is -0.462 e. The number of carbonyl (C=O) groups excluding carboxylic acids is 2. The largest absolute Gasteiger partial charge is 0.462 e. The SMILES string of the molecule is CC/C=C\C/C=C\C/C=C\C/C=C\C/C=C\C/C=C\C/C=C\C/C=C\CCCCCCCCCCCCCCCCCCC(=O)OC(CO)COC(=O)CCCCCCCCCCCCCCCCC/C=C\C/C=C\C/C=C\C/C=C\C/C=C\C/C=C\C/C=C\CC. The van der Waals surface area contributed by atoms with Gasteiger partial charge >= 0.3 is 11.9 Å². The summed E-state index contributed by atoms with van der Waals surface area (Å²) in [7, 11) is 0. The van der Waals surface area contributed by atoms with Gasteiger partial charge in [-0.3, -0.25) is 9.59 Å². The van der Waals surface area contributed by atoms with Gasteiger partial charge in [0.15, 0.2) is 6.10 Å². The van der Waals surface area contributed by atoms with Crippen LogP contribution in [0.5, 0.6) is 0 Å². The molecule has 1 unspecified atom stereocenters. The fourth-order valence-electron chi connectivity index (χ4n) is 10.6. The average Bonchev–Trinajstić information content (AvgIpc) is 3.64. The first-order valence-electron chi connectivity index (χ1n) is 38.3. The van der Waals surface area contributed by atoms with Gasteiger partial charge in [-0.25, -0.2) is 0 Å². The Labute approximate surface area is 569 Å². The van der Waals surface area contributed by atoms with E-state index in [-0.39, 0.29) is 25.2 Å². The number of aliphatic hydroxyl groups is 1. The summed E-state index contributed by atoms with van der Waals surface area (Å²) in [5.74, 6) is -0.587. The summed E-state index contributed by atoms with van der Waals surface area (Å²) < 4.78 is 10.8. The lowest BCUT2D eigenvalue weighted by atomic mass is 10.0. The molecular formula is C87H142O5. The Bertz CT molecular complexity index is 2020. The van der Waals surface area contributed by atoms with Crippen LogP contribution in [-0.4, -0.2) is 36.4 Å². The zero-order chi connectivity index (χ0) is 66.1. The number of aliphatic hydroxyl groups excluding tert-OH is 1. The van der Waals surface area contributed by atoms with Crippen LogP contribution in [0.2, 0.25) is 0 Å². The average molecular weight is 1270 g/mol. The molecule has 0 fully saturated rings. The molecular weight excluding hydrogens is 1120 g/mol. The number of ether oxygens (including phenoxy) is 2. The van der Waals surface area contributed by atoms with E-state index < -0.39 is 6.10 Å². The van der Waals surface area contributed by atoms with E-state index in [1.165, 1.54) is 173 Å². The number of esters is 2. The molecule has 0 bridgehead atoms. The fourth-order valence-corrected chi connectivity index (χ4v) is 10.6.